The highest BCUT2D eigenvalue weighted by atomic mass is 35.5. The van der Waals surface area contributed by atoms with Gasteiger partial charge in [-0.15, -0.1) is 0 Å². The summed E-state index contributed by atoms with van der Waals surface area (Å²) in [7, 11) is 1.64. The molecule has 0 aliphatic rings. The monoisotopic (exact) mass is 262 g/mol. The maximum absolute atomic E-state index is 6.10. The number of rotatable bonds is 5. The highest BCUT2D eigenvalue weighted by Gasteiger charge is 2.01. The van der Waals surface area contributed by atoms with Crippen LogP contribution < -0.4 is 10.1 Å². The molecule has 1 aromatic carbocycles. The van der Waals surface area contributed by atoms with Gasteiger partial charge in [0, 0.05) is 25.0 Å². The Kier molecular flexibility index (Phi) is 4.42. The third kappa shape index (κ3) is 3.37. The van der Waals surface area contributed by atoms with E-state index in [1.54, 1.807) is 13.3 Å². The van der Waals surface area contributed by atoms with Crippen LogP contribution in [-0.2, 0) is 6.42 Å². The van der Waals surface area contributed by atoms with Gasteiger partial charge in [-0.3, -0.25) is 4.98 Å². The zero-order valence-corrected chi connectivity index (χ0v) is 10.9. The summed E-state index contributed by atoms with van der Waals surface area (Å²) in [6.45, 7) is 0.804. The molecule has 1 aromatic heterocycles. The smallest absolute Gasteiger partial charge is 0.121 e. The molecule has 0 saturated heterocycles. The Balaban J connectivity index is 1.94. The van der Waals surface area contributed by atoms with Crippen molar-refractivity contribution in [3.05, 3.63) is 53.3 Å². The second-order valence-electron chi connectivity index (χ2n) is 3.88. The lowest BCUT2D eigenvalue weighted by molar-refractivity contribution is 0.415. The summed E-state index contributed by atoms with van der Waals surface area (Å²) < 4.78 is 5.17. The molecule has 0 amide bonds. The lowest BCUT2D eigenvalue weighted by Crippen LogP contribution is -2.05. The Morgan fingerprint density at radius 2 is 2.22 bits per heavy atom. The number of hydrogen-bond donors (Lipinski definition) is 1. The summed E-state index contributed by atoms with van der Waals surface area (Å²) in [5.74, 6) is 0.795. The topological polar surface area (TPSA) is 34.1 Å². The molecular formula is C14H15ClN2O. The molecule has 0 aliphatic carbocycles. The lowest BCUT2D eigenvalue weighted by atomic mass is 10.2. The second kappa shape index (κ2) is 6.26. The van der Waals surface area contributed by atoms with E-state index in [2.05, 4.69) is 16.4 Å². The molecule has 0 spiro atoms. The van der Waals surface area contributed by atoms with Gasteiger partial charge in [-0.2, -0.15) is 0 Å². The second-order valence-corrected chi connectivity index (χ2v) is 4.29. The molecule has 1 N–H and O–H groups in total. The molecule has 0 radical (unpaired) electrons. The lowest BCUT2D eigenvalue weighted by Gasteiger charge is -2.10. The van der Waals surface area contributed by atoms with Crippen LogP contribution in [0.1, 0.15) is 5.56 Å². The van der Waals surface area contributed by atoms with E-state index in [0.29, 0.717) is 5.02 Å². The van der Waals surface area contributed by atoms with Gasteiger partial charge in [-0.25, -0.2) is 0 Å². The number of methoxy groups -OCH3 is 1. The van der Waals surface area contributed by atoms with E-state index >= 15 is 0 Å². The van der Waals surface area contributed by atoms with E-state index in [0.717, 1.165) is 24.4 Å². The number of aromatic nitrogens is 1. The number of pyridine rings is 1. The average Bonchev–Trinajstić information content (AvgIpc) is 2.42. The van der Waals surface area contributed by atoms with E-state index < -0.39 is 0 Å². The van der Waals surface area contributed by atoms with Gasteiger partial charge in [-0.05, 0) is 30.2 Å². The van der Waals surface area contributed by atoms with Crippen molar-refractivity contribution in [3.63, 3.8) is 0 Å². The van der Waals surface area contributed by atoms with E-state index in [4.69, 9.17) is 16.3 Å². The Morgan fingerprint density at radius 3 is 2.94 bits per heavy atom. The van der Waals surface area contributed by atoms with Gasteiger partial charge >= 0.3 is 0 Å². The zero-order chi connectivity index (χ0) is 12.8. The summed E-state index contributed by atoms with van der Waals surface area (Å²) in [6.07, 6.45) is 4.55. The Bertz CT molecular complexity index is 502. The fourth-order valence-corrected chi connectivity index (χ4v) is 1.84. The standard InChI is InChI=1S/C14H15ClN2O/c1-18-12-4-5-13(15)14(9-12)17-8-6-11-3-2-7-16-10-11/h2-5,7,9-10,17H,6,8H2,1H3. The zero-order valence-electron chi connectivity index (χ0n) is 10.2. The summed E-state index contributed by atoms with van der Waals surface area (Å²) in [4.78, 5) is 4.08. The molecule has 18 heavy (non-hydrogen) atoms. The number of benzene rings is 1. The van der Waals surface area contributed by atoms with Crippen LogP contribution in [-0.4, -0.2) is 18.6 Å². The van der Waals surface area contributed by atoms with Crippen LogP contribution >= 0.6 is 11.6 Å². The van der Waals surface area contributed by atoms with Crippen molar-refractivity contribution in [1.82, 2.24) is 4.98 Å². The van der Waals surface area contributed by atoms with Gasteiger partial charge in [0.25, 0.3) is 0 Å². The molecule has 2 rings (SSSR count). The van der Waals surface area contributed by atoms with Gasteiger partial charge in [0.2, 0.25) is 0 Å². The van der Waals surface area contributed by atoms with Crippen molar-refractivity contribution in [1.29, 1.82) is 0 Å². The third-order valence-corrected chi connectivity index (χ3v) is 2.96. The summed E-state index contributed by atoms with van der Waals surface area (Å²) in [5, 5.41) is 3.99. The maximum atomic E-state index is 6.10. The molecule has 0 atom stereocenters. The predicted octanol–water partition coefficient (Wildman–Crippen LogP) is 3.40. The Morgan fingerprint density at radius 1 is 1.33 bits per heavy atom. The average molecular weight is 263 g/mol. The van der Waals surface area contributed by atoms with Crippen LogP contribution in [0.25, 0.3) is 0 Å². The van der Waals surface area contributed by atoms with Gasteiger partial charge in [-0.1, -0.05) is 17.7 Å². The number of nitrogens with zero attached hydrogens (tertiary/aromatic N) is 1. The molecule has 94 valence electrons. The first-order valence-electron chi connectivity index (χ1n) is 5.76. The van der Waals surface area contributed by atoms with Gasteiger partial charge in [0.1, 0.15) is 5.75 Å². The van der Waals surface area contributed by atoms with Crippen molar-refractivity contribution < 1.29 is 4.74 Å². The minimum absolute atomic E-state index is 0.696. The minimum atomic E-state index is 0.696. The molecule has 0 fully saturated rings. The molecule has 0 saturated carbocycles. The first kappa shape index (κ1) is 12.7. The Hall–Kier alpha value is -1.74. The summed E-state index contributed by atoms with van der Waals surface area (Å²) in [5.41, 5.74) is 2.09. The Labute approximate surface area is 112 Å². The van der Waals surface area contributed by atoms with Crippen LogP contribution in [0.5, 0.6) is 5.75 Å². The largest absolute Gasteiger partial charge is 0.497 e. The fourth-order valence-electron chi connectivity index (χ4n) is 1.65. The van der Waals surface area contributed by atoms with E-state index in [1.165, 1.54) is 5.56 Å². The molecule has 0 aliphatic heterocycles. The van der Waals surface area contributed by atoms with Crippen LogP contribution in [0.3, 0.4) is 0 Å². The SMILES string of the molecule is COc1ccc(Cl)c(NCCc2cccnc2)c1. The number of hydrogen-bond acceptors (Lipinski definition) is 3. The molecule has 0 bridgehead atoms. The molecule has 2 aromatic rings. The minimum Gasteiger partial charge on any atom is -0.497 e. The number of halogens is 1. The highest BCUT2D eigenvalue weighted by molar-refractivity contribution is 6.33. The fraction of sp³-hybridized carbons (Fsp3) is 0.214. The molecular weight excluding hydrogens is 248 g/mol. The summed E-state index contributed by atoms with van der Waals surface area (Å²) in [6, 6.07) is 9.56. The van der Waals surface area contributed by atoms with Crippen LogP contribution in [0.2, 0.25) is 5.02 Å². The van der Waals surface area contributed by atoms with E-state index in [-0.39, 0.29) is 0 Å². The molecule has 0 unspecified atom stereocenters. The first-order valence-corrected chi connectivity index (χ1v) is 6.13. The number of ether oxygens (including phenoxy) is 1. The predicted molar refractivity (Wildman–Crippen MR) is 74.4 cm³/mol. The first-order chi connectivity index (χ1) is 8.79. The van der Waals surface area contributed by atoms with Crippen molar-refractivity contribution in [2.45, 2.75) is 6.42 Å². The van der Waals surface area contributed by atoms with E-state index in [9.17, 15) is 0 Å². The van der Waals surface area contributed by atoms with Crippen LogP contribution in [0.4, 0.5) is 5.69 Å². The van der Waals surface area contributed by atoms with Crippen LogP contribution in [0, 0.1) is 0 Å². The van der Waals surface area contributed by atoms with Gasteiger partial charge in [0.15, 0.2) is 0 Å². The van der Waals surface area contributed by atoms with Crippen molar-refractivity contribution in [2.75, 3.05) is 19.0 Å². The van der Waals surface area contributed by atoms with Crippen molar-refractivity contribution in [2.24, 2.45) is 0 Å². The number of anilines is 1. The van der Waals surface area contributed by atoms with Crippen molar-refractivity contribution in [3.8, 4) is 5.75 Å². The van der Waals surface area contributed by atoms with Crippen molar-refractivity contribution >= 4 is 17.3 Å². The third-order valence-electron chi connectivity index (χ3n) is 2.63. The normalized spacial score (nSPS) is 10.1. The maximum Gasteiger partial charge on any atom is 0.121 e. The highest BCUT2D eigenvalue weighted by Crippen LogP contribution is 2.26. The van der Waals surface area contributed by atoms with Gasteiger partial charge < -0.3 is 10.1 Å². The summed E-state index contributed by atoms with van der Waals surface area (Å²) >= 11 is 6.10. The molecule has 3 nitrogen and oxygen atoms in total. The molecule has 1 heterocycles. The van der Waals surface area contributed by atoms with E-state index in [1.807, 2.05) is 30.5 Å². The quantitative estimate of drug-likeness (QED) is 0.897. The number of nitrogens with one attached hydrogen (secondary N) is 1. The molecule has 4 heteroatoms. The van der Waals surface area contributed by atoms with Crippen LogP contribution in [0.15, 0.2) is 42.7 Å². The van der Waals surface area contributed by atoms with Gasteiger partial charge in [0.05, 0.1) is 17.8 Å².